The molecule has 1 aliphatic rings. The first kappa shape index (κ1) is 13.7. The Bertz CT molecular complexity index is 445. The van der Waals surface area contributed by atoms with Crippen LogP contribution in [0, 0.1) is 0 Å². The van der Waals surface area contributed by atoms with Crippen LogP contribution < -0.4 is 5.32 Å². The van der Waals surface area contributed by atoms with E-state index in [1.54, 1.807) is 23.1 Å². The molecule has 5 heteroatoms. The van der Waals surface area contributed by atoms with Crippen molar-refractivity contribution >= 4 is 29.1 Å². The first-order chi connectivity index (χ1) is 8.58. The minimum absolute atomic E-state index is 0.0767. The van der Waals surface area contributed by atoms with Gasteiger partial charge in [0.25, 0.3) is 0 Å². The summed E-state index contributed by atoms with van der Waals surface area (Å²) in [4.78, 5) is 14.0. The Hall–Kier alpha value is -0.770. The zero-order valence-electron chi connectivity index (χ0n) is 10.2. The molecule has 1 saturated heterocycles. The van der Waals surface area contributed by atoms with E-state index in [2.05, 4.69) is 5.32 Å². The van der Waals surface area contributed by atoms with E-state index in [9.17, 15) is 4.79 Å². The highest BCUT2D eigenvalue weighted by Gasteiger charge is 2.23. The van der Waals surface area contributed by atoms with E-state index in [4.69, 9.17) is 23.2 Å². The van der Waals surface area contributed by atoms with Gasteiger partial charge in [-0.1, -0.05) is 23.2 Å². The van der Waals surface area contributed by atoms with Gasteiger partial charge in [-0.25, -0.2) is 0 Å². The Kier molecular flexibility index (Phi) is 4.49. The zero-order chi connectivity index (χ0) is 13.1. The molecule has 0 aliphatic carbocycles. The molecule has 18 heavy (non-hydrogen) atoms. The number of hydrogen-bond donors (Lipinski definition) is 1. The van der Waals surface area contributed by atoms with Crippen molar-refractivity contribution in [1.82, 2.24) is 10.2 Å². The summed E-state index contributed by atoms with van der Waals surface area (Å²) in [6.07, 6.45) is 1.30. The number of carbonyl (C=O) groups excluding carboxylic acids is 1. The molecule has 0 saturated carbocycles. The Morgan fingerprint density at radius 3 is 2.94 bits per heavy atom. The third-order valence-electron chi connectivity index (χ3n) is 3.32. The van der Waals surface area contributed by atoms with Crippen molar-refractivity contribution in [3.63, 3.8) is 0 Å². The van der Waals surface area contributed by atoms with Gasteiger partial charge in [0.2, 0.25) is 5.91 Å². The summed E-state index contributed by atoms with van der Waals surface area (Å²) < 4.78 is 0. The highest BCUT2D eigenvalue weighted by molar-refractivity contribution is 6.33. The molecule has 1 amide bonds. The number of nitrogens with zero attached hydrogens (tertiary/aromatic N) is 1. The molecule has 0 bridgehead atoms. The van der Waals surface area contributed by atoms with Gasteiger partial charge in [-0.3, -0.25) is 4.79 Å². The minimum atomic E-state index is 0.0767. The zero-order valence-corrected chi connectivity index (χ0v) is 11.8. The molecule has 1 N–H and O–H groups in total. The average molecular weight is 287 g/mol. The van der Waals surface area contributed by atoms with Crippen LogP contribution in [0.5, 0.6) is 0 Å². The molecular formula is C13H16Cl2N2O. The van der Waals surface area contributed by atoms with Crippen LogP contribution >= 0.6 is 23.2 Å². The topological polar surface area (TPSA) is 32.3 Å². The van der Waals surface area contributed by atoms with Crippen LogP contribution in [0.15, 0.2) is 18.2 Å². The second-order valence-electron chi connectivity index (χ2n) is 4.56. The van der Waals surface area contributed by atoms with Gasteiger partial charge in [-0.2, -0.15) is 0 Å². The lowest BCUT2D eigenvalue weighted by atomic mass is 10.1. The van der Waals surface area contributed by atoms with Crippen molar-refractivity contribution in [3.05, 3.63) is 33.8 Å². The predicted molar refractivity (Wildman–Crippen MR) is 74.2 cm³/mol. The van der Waals surface area contributed by atoms with Gasteiger partial charge < -0.3 is 10.2 Å². The fourth-order valence-electron chi connectivity index (χ4n) is 2.14. The van der Waals surface area contributed by atoms with E-state index in [0.717, 1.165) is 25.1 Å². The predicted octanol–water partition coefficient (Wildman–Crippen LogP) is 2.36. The Balaban J connectivity index is 2.03. The van der Waals surface area contributed by atoms with E-state index in [-0.39, 0.29) is 11.9 Å². The number of nitrogens with one attached hydrogen (secondary N) is 1. The van der Waals surface area contributed by atoms with Crippen molar-refractivity contribution < 1.29 is 4.79 Å². The molecule has 0 spiro atoms. The molecule has 1 aliphatic heterocycles. The van der Waals surface area contributed by atoms with Crippen LogP contribution in [-0.4, -0.2) is 37.0 Å². The molecule has 0 aromatic heterocycles. The van der Waals surface area contributed by atoms with Crippen molar-refractivity contribution in [2.24, 2.45) is 0 Å². The van der Waals surface area contributed by atoms with Gasteiger partial charge >= 0.3 is 0 Å². The quantitative estimate of drug-likeness (QED) is 0.925. The van der Waals surface area contributed by atoms with E-state index in [0.29, 0.717) is 16.5 Å². The summed E-state index contributed by atoms with van der Waals surface area (Å²) in [5, 5.41) is 4.44. The third kappa shape index (κ3) is 3.16. The van der Waals surface area contributed by atoms with E-state index in [1.807, 2.05) is 7.05 Å². The van der Waals surface area contributed by atoms with Gasteiger partial charge in [-0.15, -0.1) is 0 Å². The third-order valence-corrected chi connectivity index (χ3v) is 3.93. The second-order valence-corrected chi connectivity index (χ2v) is 5.41. The smallest absolute Gasteiger partial charge is 0.227 e. The van der Waals surface area contributed by atoms with E-state index in [1.165, 1.54) is 0 Å². The SMILES string of the molecule is CN(C(=O)Cc1cc(Cl)ccc1Cl)[C@@H]1CCNC1. The molecule has 1 aromatic rings. The first-order valence-electron chi connectivity index (χ1n) is 5.98. The number of rotatable bonds is 3. The van der Waals surface area contributed by atoms with Gasteiger partial charge in [0.05, 0.1) is 6.42 Å². The molecule has 1 fully saturated rings. The highest BCUT2D eigenvalue weighted by atomic mass is 35.5. The maximum absolute atomic E-state index is 12.2. The standard InChI is InChI=1S/C13H16Cl2N2O/c1-17(11-4-5-16-8-11)13(18)7-9-6-10(14)2-3-12(9)15/h2-3,6,11,16H,4-5,7-8H2,1H3/t11-/m1/s1. The normalized spacial score (nSPS) is 18.9. The Labute approximate surface area is 117 Å². The molecule has 1 atom stereocenters. The lowest BCUT2D eigenvalue weighted by molar-refractivity contribution is -0.130. The van der Waals surface area contributed by atoms with E-state index < -0.39 is 0 Å². The maximum Gasteiger partial charge on any atom is 0.227 e. The van der Waals surface area contributed by atoms with Gasteiger partial charge in [-0.05, 0) is 36.7 Å². The highest BCUT2D eigenvalue weighted by Crippen LogP contribution is 2.22. The molecule has 1 heterocycles. The molecule has 1 aromatic carbocycles. The summed E-state index contributed by atoms with van der Waals surface area (Å²) in [6, 6.07) is 5.49. The second kappa shape index (κ2) is 5.91. The Morgan fingerprint density at radius 1 is 1.50 bits per heavy atom. The van der Waals surface area contributed by atoms with Crippen LogP contribution in [0.2, 0.25) is 10.0 Å². The maximum atomic E-state index is 12.2. The number of halogens is 2. The molecule has 0 radical (unpaired) electrons. The summed E-state index contributed by atoms with van der Waals surface area (Å²) in [5.74, 6) is 0.0767. The fraction of sp³-hybridized carbons (Fsp3) is 0.462. The summed E-state index contributed by atoms with van der Waals surface area (Å²) >= 11 is 12.0. The lowest BCUT2D eigenvalue weighted by Crippen LogP contribution is -2.39. The molecule has 98 valence electrons. The van der Waals surface area contributed by atoms with Crippen LogP contribution in [0.25, 0.3) is 0 Å². The molecule has 2 rings (SSSR count). The summed E-state index contributed by atoms with van der Waals surface area (Å²) in [5.41, 5.74) is 0.784. The average Bonchev–Trinajstić information content (AvgIpc) is 2.86. The molecular weight excluding hydrogens is 271 g/mol. The Morgan fingerprint density at radius 2 is 2.28 bits per heavy atom. The fourth-order valence-corrected chi connectivity index (χ4v) is 2.52. The summed E-state index contributed by atoms with van der Waals surface area (Å²) in [6.45, 7) is 1.84. The van der Waals surface area contributed by atoms with Gasteiger partial charge in [0, 0.05) is 29.7 Å². The van der Waals surface area contributed by atoms with Gasteiger partial charge in [0.15, 0.2) is 0 Å². The number of hydrogen-bond acceptors (Lipinski definition) is 2. The van der Waals surface area contributed by atoms with Crippen LogP contribution in [0.4, 0.5) is 0 Å². The minimum Gasteiger partial charge on any atom is -0.341 e. The lowest BCUT2D eigenvalue weighted by Gasteiger charge is -2.24. The first-order valence-corrected chi connectivity index (χ1v) is 6.74. The number of benzene rings is 1. The summed E-state index contributed by atoms with van der Waals surface area (Å²) in [7, 11) is 1.85. The van der Waals surface area contributed by atoms with Gasteiger partial charge in [0.1, 0.15) is 0 Å². The number of carbonyl (C=O) groups is 1. The van der Waals surface area contributed by atoms with Crippen LogP contribution in [0.1, 0.15) is 12.0 Å². The van der Waals surface area contributed by atoms with Crippen molar-refractivity contribution in [2.75, 3.05) is 20.1 Å². The molecule has 3 nitrogen and oxygen atoms in total. The van der Waals surface area contributed by atoms with Crippen LogP contribution in [-0.2, 0) is 11.2 Å². The van der Waals surface area contributed by atoms with E-state index >= 15 is 0 Å². The van der Waals surface area contributed by atoms with Crippen molar-refractivity contribution in [3.8, 4) is 0 Å². The monoisotopic (exact) mass is 286 g/mol. The molecule has 0 unspecified atom stereocenters. The number of amides is 1. The largest absolute Gasteiger partial charge is 0.341 e. The van der Waals surface area contributed by atoms with Crippen molar-refractivity contribution in [2.45, 2.75) is 18.9 Å². The number of likely N-dealkylation sites (N-methyl/N-ethyl adjacent to an activating group) is 1. The van der Waals surface area contributed by atoms with Crippen molar-refractivity contribution in [1.29, 1.82) is 0 Å². The van der Waals surface area contributed by atoms with Crippen LogP contribution in [0.3, 0.4) is 0 Å².